The summed E-state index contributed by atoms with van der Waals surface area (Å²) < 4.78 is 10.6. The second kappa shape index (κ2) is 6.64. The van der Waals surface area contributed by atoms with Gasteiger partial charge in [-0.1, -0.05) is 13.0 Å². The summed E-state index contributed by atoms with van der Waals surface area (Å²) in [5.74, 6) is 0.816. The van der Waals surface area contributed by atoms with E-state index in [0.29, 0.717) is 6.42 Å². The summed E-state index contributed by atoms with van der Waals surface area (Å²) in [5, 5.41) is 0. The zero-order chi connectivity index (χ0) is 14.5. The molecule has 1 aliphatic heterocycles. The number of hydrogen-bond donors (Lipinski definition) is 0. The minimum atomic E-state index is -0.144. The van der Waals surface area contributed by atoms with Crippen LogP contribution >= 0.6 is 0 Å². The van der Waals surface area contributed by atoms with Crippen LogP contribution in [0.2, 0.25) is 0 Å². The lowest BCUT2D eigenvalue weighted by molar-refractivity contribution is -0.140. The molecule has 0 aromatic heterocycles. The maximum Gasteiger partial charge on any atom is 0.305 e. The van der Waals surface area contributed by atoms with E-state index in [0.717, 1.165) is 37.2 Å². The number of likely N-dealkylation sites (N-methyl/N-ethyl adjacent to an activating group) is 1. The predicted molar refractivity (Wildman–Crippen MR) is 79.4 cm³/mol. The van der Waals surface area contributed by atoms with Crippen LogP contribution in [0.4, 0.5) is 5.69 Å². The topological polar surface area (TPSA) is 38.8 Å². The van der Waals surface area contributed by atoms with Crippen molar-refractivity contribution in [2.45, 2.75) is 38.7 Å². The highest BCUT2D eigenvalue weighted by molar-refractivity contribution is 5.69. The molecule has 0 amide bonds. The van der Waals surface area contributed by atoms with Crippen LogP contribution in [-0.2, 0) is 16.0 Å². The minimum Gasteiger partial charge on any atom is -0.486 e. The number of nitrogens with zero attached hydrogens (tertiary/aromatic N) is 1. The molecule has 0 bridgehead atoms. The van der Waals surface area contributed by atoms with Gasteiger partial charge in [0, 0.05) is 13.5 Å². The molecule has 0 radical (unpaired) electrons. The second-order valence-corrected chi connectivity index (χ2v) is 5.26. The Labute approximate surface area is 120 Å². The fourth-order valence-electron chi connectivity index (χ4n) is 2.49. The van der Waals surface area contributed by atoms with E-state index < -0.39 is 0 Å². The van der Waals surface area contributed by atoms with E-state index >= 15 is 0 Å². The number of benzene rings is 1. The van der Waals surface area contributed by atoms with E-state index in [1.807, 2.05) is 6.07 Å². The van der Waals surface area contributed by atoms with Crippen LogP contribution in [0.5, 0.6) is 5.75 Å². The van der Waals surface area contributed by atoms with Gasteiger partial charge in [0.2, 0.25) is 0 Å². The third kappa shape index (κ3) is 3.44. The molecule has 0 aliphatic carbocycles. The van der Waals surface area contributed by atoms with Crippen molar-refractivity contribution < 1.29 is 14.3 Å². The number of fused-ring (bicyclic) bond motifs is 1. The van der Waals surface area contributed by atoms with Gasteiger partial charge in [0.1, 0.15) is 11.9 Å². The Hall–Kier alpha value is -1.71. The lowest BCUT2D eigenvalue weighted by Crippen LogP contribution is -2.37. The summed E-state index contributed by atoms with van der Waals surface area (Å²) in [4.78, 5) is 13.4. The van der Waals surface area contributed by atoms with Gasteiger partial charge in [0.25, 0.3) is 0 Å². The van der Waals surface area contributed by atoms with Gasteiger partial charge in [0.05, 0.1) is 19.3 Å². The quantitative estimate of drug-likeness (QED) is 0.776. The van der Waals surface area contributed by atoms with Crippen molar-refractivity contribution in [3.63, 3.8) is 0 Å². The molecule has 1 aliphatic rings. The Bertz CT molecular complexity index is 473. The molecule has 0 saturated heterocycles. The Kier molecular flexibility index (Phi) is 4.88. The zero-order valence-corrected chi connectivity index (χ0v) is 12.5. The van der Waals surface area contributed by atoms with Crippen LogP contribution in [0, 0.1) is 0 Å². The Morgan fingerprint density at radius 1 is 1.50 bits per heavy atom. The predicted octanol–water partition coefficient (Wildman–Crippen LogP) is 2.79. The van der Waals surface area contributed by atoms with Gasteiger partial charge in [-0.3, -0.25) is 4.79 Å². The molecule has 1 aromatic carbocycles. The van der Waals surface area contributed by atoms with Crippen LogP contribution in [0.15, 0.2) is 18.2 Å². The van der Waals surface area contributed by atoms with Crippen molar-refractivity contribution >= 4 is 11.7 Å². The third-order valence-electron chi connectivity index (χ3n) is 3.74. The zero-order valence-electron chi connectivity index (χ0n) is 12.5. The highest BCUT2D eigenvalue weighted by Gasteiger charge is 2.22. The van der Waals surface area contributed by atoms with Gasteiger partial charge in [-0.15, -0.1) is 0 Å². The summed E-state index contributed by atoms with van der Waals surface area (Å²) in [6, 6.07) is 6.29. The average Bonchev–Trinajstić information content (AvgIpc) is 2.47. The van der Waals surface area contributed by atoms with Gasteiger partial charge in [0.15, 0.2) is 0 Å². The van der Waals surface area contributed by atoms with Crippen molar-refractivity contribution in [1.82, 2.24) is 0 Å². The molecule has 2 rings (SSSR count). The van der Waals surface area contributed by atoms with E-state index in [2.05, 4.69) is 35.7 Å². The average molecular weight is 277 g/mol. The van der Waals surface area contributed by atoms with Crippen LogP contribution in [-0.4, -0.2) is 32.8 Å². The van der Waals surface area contributed by atoms with Crippen LogP contribution in [0.1, 0.15) is 31.7 Å². The lowest BCUT2D eigenvalue weighted by atomic mass is 10.1. The Morgan fingerprint density at radius 3 is 3.00 bits per heavy atom. The van der Waals surface area contributed by atoms with Crippen molar-refractivity contribution in [1.29, 1.82) is 0 Å². The number of methoxy groups -OCH3 is 1. The maximum atomic E-state index is 11.1. The monoisotopic (exact) mass is 277 g/mol. The van der Waals surface area contributed by atoms with Crippen LogP contribution in [0.25, 0.3) is 0 Å². The number of carbonyl (C=O) groups excluding carboxylic acids is 1. The first kappa shape index (κ1) is 14.7. The molecule has 20 heavy (non-hydrogen) atoms. The number of ether oxygens (including phenoxy) is 2. The molecule has 1 aromatic rings. The number of carbonyl (C=O) groups is 1. The highest BCUT2D eigenvalue weighted by Crippen LogP contribution is 2.34. The van der Waals surface area contributed by atoms with Gasteiger partial charge >= 0.3 is 5.97 Å². The number of hydrogen-bond acceptors (Lipinski definition) is 4. The van der Waals surface area contributed by atoms with E-state index in [9.17, 15) is 4.79 Å². The molecule has 110 valence electrons. The molecule has 0 fully saturated rings. The van der Waals surface area contributed by atoms with Crippen molar-refractivity contribution in [2.75, 3.05) is 25.6 Å². The molecule has 1 heterocycles. The molecule has 4 heteroatoms. The van der Waals surface area contributed by atoms with E-state index in [-0.39, 0.29) is 12.1 Å². The molecule has 0 N–H and O–H groups in total. The molecule has 4 nitrogen and oxygen atoms in total. The molecule has 1 unspecified atom stereocenters. The highest BCUT2D eigenvalue weighted by atomic mass is 16.5. The Balaban J connectivity index is 2.01. The molecule has 1 atom stereocenters. The van der Waals surface area contributed by atoms with Crippen LogP contribution < -0.4 is 9.64 Å². The smallest absolute Gasteiger partial charge is 0.305 e. The first-order valence-corrected chi connectivity index (χ1v) is 7.21. The van der Waals surface area contributed by atoms with E-state index in [4.69, 9.17) is 4.74 Å². The fraction of sp³-hybridized carbons (Fsp3) is 0.562. The summed E-state index contributed by atoms with van der Waals surface area (Å²) in [6.07, 6.45) is 3.46. The lowest BCUT2D eigenvalue weighted by Gasteiger charge is -2.33. The summed E-state index contributed by atoms with van der Waals surface area (Å²) in [6.45, 7) is 3.07. The van der Waals surface area contributed by atoms with Crippen LogP contribution in [0.3, 0.4) is 0 Å². The maximum absolute atomic E-state index is 11.1. The van der Waals surface area contributed by atoms with Crippen molar-refractivity contribution in [3.05, 3.63) is 23.8 Å². The number of esters is 1. The molecular weight excluding hydrogens is 254 g/mol. The summed E-state index contributed by atoms with van der Waals surface area (Å²) in [7, 11) is 3.53. The number of anilines is 1. The SMILES string of the molecule is CCC1CN(C)c2cc(CCCC(=O)OC)ccc2O1. The van der Waals surface area contributed by atoms with E-state index in [1.165, 1.54) is 12.7 Å². The largest absolute Gasteiger partial charge is 0.486 e. The van der Waals surface area contributed by atoms with Gasteiger partial charge < -0.3 is 14.4 Å². The third-order valence-corrected chi connectivity index (χ3v) is 3.74. The number of aryl methyl sites for hydroxylation is 1. The van der Waals surface area contributed by atoms with Gasteiger partial charge in [-0.05, 0) is 37.0 Å². The van der Waals surface area contributed by atoms with E-state index in [1.54, 1.807) is 0 Å². The number of rotatable bonds is 5. The standard InChI is InChI=1S/C16H23NO3/c1-4-13-11-17(2)14-10-12(8-9-15(14)20-13)6-5-7-16(18)19-3/h8-10,13H,4-7,11H2,1-3H3. The molecule has 0 spiro atoms. The van der Waals surface area contributed by atoms with Crippen molar-refractivity contribution in [2.24, 2.45) is 0 Å². The normalized spacial score (nSPS) is 17.4. The molecule has 0 saturated carbocycles. The first-order valence-electron chi connectivity index (χ1n) is 7.21. The van der Waals surface area contributed by atoms with Gasteiger partial charge in [-0.25, -0.2) is 0 Å². The van der Waals surface area contributed by atoms with Crippen molar-refractivity contribution in [3.8, 4) is 5.75 Å². The van der Waals surface area contributed by atoms with Gasteiger partial charge in [-0.2, -0.15) is 0 Å². The first-order chi connectivity index (χ1) is 9.63. The summed E-state index contributed by atoms with van der Waals surface area (Å²) >= 11 is 0. The fourth-order valence-corrected chi connectivity index (χ4v) is 2.49. The Morgan fingerprint density at radius 2 is 2.30 bits per heavy atom. The second-order valence-electron chi connectivity index (χ2n) is 5.26. The minimum absolute atomic E-state index is 0.144. The molecular formula is C16H23NO3. The summed E-state index contributed by atoms with van der Waals surface area (Å²) in [5.41, 5.74) is 2.38.